The summed E-state index contributed by atoms with van der Waals surface area (Å²) in [5, 5.41) is 0. The van der Waals surface area contributed by atoms with Gasteiger partial charge in [0.1, 0.15) is 6.29 Å². The Balaban J connectivity index is 1.99. The van der Waals surface area contributed by atoms with E-state index in [9.17, 15) is 4.79 Å². The van der Waals surface area contributed by atoms with Gasteiger partial charge in [-0.1, -0.05) is 42.5 Å². The van der Waals surface area contributed by atoms with E-state index in [0.29, 0.717) is 11.8 Å². The molecule has 2 bridgehead atoms. The molecule has 2 atom stereocenters. The molecule has 0 saturated heterocycles. The minimum absolute atomic E-state index is 0.359. The first-order valence-corrected chi connectivity index (χ1v) is 5.82. The number of benzene rings is 1. The van der Waals surface area contributed by atoms with E-state index in [-0.39, 0.29) is 0 Å². The van der Waals surface area contributed by atoms with Crippen molar-refractivity contribution < 1.29 is 4.79 Å². The SMILES string of the molecule is O=CC1=CC2CCC1C=C2c1ccccc1. The van der Waals surface area contributed by atoms with Crippen molar-refractivity contribution >= 4 is 11.9 Å². The lowest BCUT2D eigenvalue weighted by Gasteiger charge is -2.33. The zero-order valence-electron chi connectivity index (χ0n) is 9.10. The Kier molecular flexibility index (Phi) is 2.24. The first-order chi connectivity index (χ1) is 7.88. The second-order valence-corrected chi connectivity index (χ2v) is 4.56. The highest BCUT2D eigenvalue weighted by molar-refractivity contribution is 5.82. The van der Waals surface area contributed by atoms with Gasteiger partial charge in [0.25, 0.3) is 0 Å². The van der Waals surface area contributed by atoms with Crippen molar-refractivity contribution in [1.82, 2.24) is 0 Å². The molecule has 0 heterocycles. The fourth-order valence-corrected chi connectivity index (χ4v) is 2.80. The molecule has 0 amide bonds. The molecule has 80 valence electrons. The van der Waals surface area contributed by atoms with Crippen LogP contribution in [-0.2, 0) is 4.79 Å². The molecule has 3 aliphatic rings. The number of hydrogen-bond donors (Lipinski definition) is 0. The van der Waals surface area contributed by atoms with E-state index in [1.54, 1.807) is 0 Å². The monoisotopic (exact) mass is 210 g/mol. The lowest BCUT2D eigenvalue weighted by Crippen LogP contribution is -2.21. The summed E-state index contributed by atoms with van der Waals surface area (Å²) >= 11 is 0. The molecule has 1 aromatic carbocycles. The van der Waals surface area contributed by atoms with Crippen LogP contribution in [0, 0.1) is 11.8 Å². The van der Waals surface area contributed by atoms with E-state index < -0.39 is 0 Å². The van der Waals surface area contributed by atoms with E-state index in [4.69, 9.17) is 0 Å². The van der Waals surface area contributed by atoms with Gasteiger partial charge in [-0.2, -0.15) is 0 Å². The highest BCUT2D eigenvalue weighted by Gasteiger charge is 2.29. The predicted octanol–water partition coefficient (Wildman–Crippen LogP) is 3.24. The molecule has 1 heteroatoms. The molecule has 2 unspecified atom stereocenters. The van der Waals surface area contributed by atoms with E-state index >= 15 is 0 Å². The molecule has 3 aliphatic carbocycles. The second-order valence-electron chi connectivity index (χ2n) is 4.56. The average molecular weight is 210 g/mol. The van der Waals surface area contributed by atoms with Crippen molar-refractivity contribution in [2.24, 2.45) is 11.8 Å². The fourth-order valence-electron chi connectivity index (χ4n) is 2.80. The van der Waals surface area contributed by atoms with E-state index in [1.165, 1.54) is 17.6 Å². The Morgan fingerprint density at radius 2 is 1.75 bits per heavy atom. The van der Waals surface area contributed by atoms with Gasteiger partial charge in [0, 0.05) is 11.8 Å². The quantitative estimate of drug-likeness (QED) is 0.685. The highest BCUT2D eigenvalue weighted by atomic mass is 16.1. The Morgan fingerprint density at radius 3 is 2.38 bits per heavy atom. The number of allylic oxidation sites excluding steroid dienone is 4. The zero-order chi connectivity index (χ0) is 11.0. The lowest BCUT2D eigenvalue weighted by molar-refractivity contribution is -0.105. The summed E-state index contributed by atoms with van der Waals surface area (Å²) in [5.41, 5.74) is 3.69. The van der Waals surface area contributed by atoms with Crippen LogP contribution in [0.1, 0.15) is 18.4 Å². The fraction of sp³-hybridized carbons (Fsp3) is 0.267. The molecule has 0 radical (unpaired) electrons. The van der Waals surface area contributed by atoms with Gasteiger partial charge in [0.05, 0.1) is 0 Å². The summed E-state index contributed by atoms with van der Waals surface area (Å²) in [7, 11) is 0. The Morgan fingerprint density at radius 1 is 1.00 bits per heavy atom. The normalized spacial score (nSPS) is 27.2. The summed E-state index contributed by atoms with van der Waals surface area (Å²) in [4.78, 5) is 10.9. The molecule has 0 spiro atoms. The van der Waals surface area contributed by atoms with Crippen molar-refractivity contribution in [2.75, 3.05) is 0 Å². The maximum Gasteiger partial charge on any atom is 0.146 e. The standard InChI is InChI=1S/C15H14O/c16-10-14-8-13-7-6-12(14)9-15(13)11-4-2-1-3-5-11/h1-5,8-10,12-13H,6-7H2. The molecule has 1 aromatic rings. The number of rotatable bonds is 2. The predicted molar refractivity (Wildman–Crippen MR) is 64.8 cm³/mol. The highest BCUT2D eigenvalue weighted by Crippen LogP contribution is 2.43. The van der Waals surface area contributed by atoms with Crippen molar-refractivity contribution in [3.05, 3.63) is 53.6 Å². The largest absolute Gasteiger partial charge is 0.298 e. The Hall–Kier alpha value is -1.63. The third kappa shape index (κ3) is 1.44. The van der Waals surface area contributed by atoms with E-state index in [2.05, 4.69) is 36.4 Å². The van der Waals surface area contributed by atoms with Crippen LogP contribution in [0.3, 0.4) is 0 Å². The van der Waals surface area contributed by atoms with Gasteiger partial charge < -0.3 is 0 Å². The minimum Gasteiger partial charge on any atom is -0.298 e. The zero-order valence-corrected chi connectivity index (χ0v) is 9.10. The smallest absolute Gasteiger partial charge is 0.146 e. The van der Waals surface area contributed by atoms with Crippen LogP contribution in [0.4, 0.5) is 0 Å². The summed E-state index contributed by atoms with van der Waals surface area (Å²) in [6.45, 7) is 0. The Bertz CT molecular complexity index is 467. The van der Waals surface area contributed by atoms with Gasteiger partial charge in [0.2, 0.25) is 0 Å². The van der Waals surface area contributed by atoms with Gasteiger partial charge in [0.15, 0.2) is 0 Å². The molecule has 0 fully saturated rings. The van der Waals surface area contributed by atoms with Gasteiger partial charge in [-0.15, -0.1) is 0 Å². The Labute approximate surface area is 95.5 Å². The van der Waals surface area contributed by atoms with Crippen LogP contribution in [0.5, 0.6) is 0 Å². The molecule has 1 nitrogen and oxygen atoms in total. The number of carbonyl (C=O) groups is 1. The average Bonchev–Trinajstić information content (AvgIpc) is 2.40. The second kappa shape index (κ2) is 3.75. The molecular weight excluding hydrogens is 196 g/mol. The van der Waals surface area contributed by atoms with Crippen molar-refractivity contribution in [2.45, 2.75) is 12.8 Å². The number of hydrogen-bond acceptors (Lipinski definition) is 1. The van der Waals surface area contributed by atoms with E-state index in [1.807, 2.05) is 6.07 Å². The molecule has 16 heavy (non-hydrogen) atoms. The molecular formula is C15H14O. The number of aldehydes is 1. The maximum atomic E-state index is 10.9. The minimum atomic E-state index is 0.359. The molecule has 0 N–H and O–H groups in total. The molecule has 0 saturated carbocycles. The maximum absolute atomic E-state index is 10.9. The number of fused-ring (bicyclic) bond motifs is 1. The molecule has 0 aliphatic heterocycles. The third-order valence-corrected chi connectivity index (χ3v) is 3.63. The first kappa shape index (κ1) is 9.59. The van der Waals surface area contributed by atoms with Gasteiger partial charge in [-0.3, -0.25) is 4.79 Å². The van der Waals surface area contributed by atoms with Crippen LogP contribution in [-0.4, -0.2) is 6.29 Å². The summed E-state index contributed by atoms with van der Waals surface area (Å²) in [6, 6.07) is 10.5. The van der Waals surface area contributed by atoms with Gasteiger partial charge >= 0.3 is 0 Å². The summed E-state index contributed by atoms with van der Waals surface area (Å²) < 4.78 is 0. The number of carbonyl (C=O) groups excluding carboxylic acids is 1. The summed E-state index contributed by atoms with van der Waals surface area (Å²) in [5.74, 6) is 0.810. The van der Waals surface area contributed by atoms with Crippen molar-refractivity contribution in [1.29, 1.82) is 0 Å². The van der Waals surface area contributed by atoms with Crippen LogP contribution < -0.4 is 0 Å². The van der Waals surface area contributed by atoms with Crippen LogP contribution in [0.2, 0.25) is 0 Å². The third-order valence-electron chi connectivity index (χ3n) is 3.63. The summed E-state index contributed by atoms with van der Waals surface area (Å²) in [6.07, 6.45) is 7.78. The first-order valence-electron chi connectivity index (χ1n) is 5.82. The molecule has 4 rings (SSSR count). The van der Waals surface area contributed by atoms with Crippen LogP contribution in [0.25, 0.3) is 5.57 Å². The van der Waals surface area contributed by atoms with Crippen molar-refractivity contribution in [3.63, 3.8) is 0 Å². The van der Waals surface area contributed by atoms with Gasteiger partial charge in [-0.05, 0) is 29.6 Å². The topological polar surface area (TPSA) is 17.1 Å². The van der Waals surface area contributed by atoms with Crippen LogP contribution in [0.15, 0.2) is 48.1 Å². The lowest BCUT2D eigenvalue weighted by atomic mass is 9.71. The molecule has 0 aromatic heterocycles. The van der Waals surface area contributed by atoms with Crippen LogP contribution >= 0.6 is 0 Å². The van der Waals surface area contributed by atoms with Crippen molar-refractivity contribution in [3.8, 4) is 0 Å². The van der Waals surface area contributed by atoms with Gasteiger partial charge in [-0.25, -0.2) is 0 Å². The van der Waals surface area contributed by atoms with E-state index in [0.717, 1.165) is 18.3 Å².